The Morgan fingerprint density at radius 2 is 1.83 bits per heavy atom. The van der Waals surface area contributed by atoms with Crippen LogP contribution in [-0.2, 0) is 14.8 Å². The lowest BCUT2D eigenvalue weighted by Crippen LogP contribution is -2.47. The van der Waals surface area contributed by atoms with Crippen LogP contribution in [0.15, 0.2) is 42.5 Å². The fourth-order valence-electron chi connectivity index (χ4n) is 3.31. The first kappa shape index (κ1) is 23.3. The number of nitrogens with zero attached hydrogens (tertiary/aromatic N) is 2. The Labute approximate surface area is 177 Å². The predicted octanol–water partition coefficient (Wildman–Crippen LogP) is 4.21. The highest BCUT2D eigenvalue weighted by Gasteiger charge is 2.33. The van der Waals surface area contributed by atoms with E-state index in [1.807, 2.05) is 26.0 Å². The number of amides is 1. The van der Waals surface area contributed by atoms with Crippen molar-refractivity contribution in [2.24, 2.45) is 0 Å². The van der Waals surface area contributed by atoms with Gasteiger partial charge in [-0.15, -0.1) is 0 Å². The van der Waals surface area contributed by atoms with Crippen LogP contribution in [0.2, 0.25) is 0 Å². The molecule has 0 saturated carbocycles. The first-order valence-corrected chi connectivity index (χ1v) is 11.5. The summed E-state index contributed by atoms with van der Waals surface area (Å²) >= 11 is 0. The van der Waals surface area contributed by atoms with E-state index in [0.29, 0.717) is 11.3 Å². The lowest BCUT2D eigenvalue weighted by Gasteiger charge is -2.31. The molecule has 2 rings (SSSR count). The third kappa shape index (κ3) is 5.15. The maximum absolute atomic E-state index is 13.2. The molecule has 0 spiro atoms. The van der Waals surface area contributed by atoms with Gasteiger partial charge in [0, 0.05) is 17.8 Å². The van der Waals surface area contributed by atoms with Crippen LogP contribution in [0.5, 0.6) is 0 Å². The second kappa shape index (κ2) is 9.25. The number of anilines is 2. The van der Waals surface area contributed by atoms with E-state index >= 15 is 0 Å². The van der Waals surface area contributed by atoms with Crippen molar-refractivity contribution >= 4 is 33.0 Å². The van der Waals surface area contributed by atoms with Crippen molar-refractivity contribution in [3.8, 4) is 0 Å². The molecule has 0 fully saturated rings. The Morgan fingerprint density at radius 1 is 1.20 bits per heavy atom. The molecule has 1 N–H and O–H groups in total. The van der Waals surface area contributed by atoms with E-state index in [4.69, 9.17) is 0 Å². The molecular formula is C21H27N3O5S. The SMILES string of the molecule is CC[C@@H](C(=O)Nc1ccccc1C(C)C)N(c1cc([N+](=O)[O-])ccc1C)S(C)(=O)=O. The minimum Gasteiger partial charge on any atom is -0.324 e. The first-order valence-electron chi connectivity index (χ1n) is 9.61. The summed E-state index contributed by atoms with van der Waals surface area (Å²) in [7, 11) is -3.91. The van der Waals surface area contributed by atoms with E-state index in [0.717, 1.165) is 16.1 Å². The standard InChI is InChI=1S/C21H27N3O5S/c1-6-19(21(25)22-18-10-8-7-9-17(18)14(2)3)23(30(5,28)29)20-13-16(24(26)27)12-11-15(20)4/h7-14,19H,6H2,1-5H3,(H,22,25)/t19-/m0/s1. The Morgan fingerprint density at radius 3 is 2.37 bits per heavy atom. The fourth-order valence-corrected chi connectivity index (χ4v) is 4.58. The molecule has 2 aromatic rings. The number of para-hydroxylation sites is 1. The van der Waals surface area contributed by atoms with Crippen LogP contribution in [0.4, 0.5) is 17.1 Å². The molecule has 2 aromatic carbocycles. The van der Waals surface area contributed by atoms with Gasteiger partial charge in [-0.1, -0.05) is 45.0 Å². The van der Waals surface area contributed by atoms with Crippen LogP contribution >= 0.6 is 0 Å². The van der Waals surface area contributed by atoms with E-state index in [2.05, 4.69) is 5.32 Å². The molecule has 0 radical (unpaired) electrons. The summed E-state index contributed by atoms with van der Waals surface area (Å²) in [5, 5.41) is 14.1. The number of rotatable bonds is 8. The van der Waals surface area contributed by atoms with Gasteiger partial charge in [0.1, 0.15) is 6.04 Å². The van der Waals surface area contributed by atoms with E-state index in [1.54, 1.807) is 26.0 Å². The Balaban J connectivity index is 2.53. The molecule has 0 saturated heterocycles. The molecule has 0 aromatic heterocycles. The van der Waals surface area contributed by atoms with E-state index < -0.39 is 26.9 Å². The number of benzene rings is 2. The van der Waals surface area contributed by atoms with Gasteiger partial charge in [0.05, 0.1) is 16.9 Å². The molecule has 0 unspecified atom stereocenters. The van der Waals surface area contributed by atoms with Gasteiger partial charge in [0.15, 0.2) is 0 Å². The van der Waals surface area contributed by atoms with Crippen molar-refractivity contribution in [1.82, 2.24) is 0 Å². The largest absolute Gasteiger partial charge is 0.324 e. The number of nitrogens with one attached hydrogen (secondary N) is 1. The van der Waals surface area contributed by atoms with Crippen molar-refractivity contribution in [1.29, 1.82) is 0 Å². The van der Waals surface area contributed by atoms with Crippen LogP contribution in [-0.4, -0.2) is 31.5 Å². The van der Waals surface area contributed by atoms with E-state index in [-0.39, 0.29) is 23.7 Å². The highest BCUT2D eigenvalue weighted by molar-refractivity contribution is 7.92. The van der Waals surface area contributed by atoms with Gasteiger partial charge >= 0.3 is 0 Å². The third-order valence-electron chi connectivity index (χ3n) is 4.81. The maximum Gasteiger partial charge on any atom is 0.271 e. The second-order valence-corrected chi connectivity index (χ2v) is 9.30. The minimum absolute atomic E-state index is 0.117. The second-order valence-electron chi connectivity index (χ2n) is 7.44. The van der Waals surface area contributed by atoms with Gasteiger partial charge in [-0.3, -0.25) is 19.2 Å². The highest BCUT2D eigenvalue weighted by atomic mass is 32.2. The van der Waals surface area contributed by atoms with Gasteiger partial charge in [-0.05, 0) is 36.5 Å². The number of hydrogen-bond donors (Lipinski definition) is 1. The van der Waals surface area contributed by atoms with Gasteiger partial charge in [0.25, 0.3) is 5.69 Å². The summed E-state index contributed by atoms with van der Waals surface area (Å²) in [6, 6.07) is 10.2. The van der Waals surface area contributed by atoms with Crippen molar-refractivity contribution in [2.45, 2.75) is 46.1 Å². The molecule has 8 nitrogen and oxygen atoms in total. The third-order valence-corrected chi connectivity index (χ3v) is 5.98. The van der Waals surface area contributed by atoms with Crippen molar-refractivity contribution in [2.75, 3.05) is 15.9 Å². The molecule has 0 aliphatic carbocycles. The number of hydrogen-bond acceptors (Lipinski definition) is 5. The zero-order valence-electron chi connectivity index (χ0n) is 17.7. The lowest BCUT2D eigenvalue weighted by molar-refractivity contribution is -0.384. The average molecular weight is 434 g/mol. The van der Waals surface area contributed by atoms with Crippen LogP contribution in [0.1, 0.15) is 44.2 Å². The Bertz CT molecular complexity index is 1050. The number of nitro groups is 1. The number of non-ortho nitro benzene ring substituents is 1. The van der Waals surface area contributed by atoms with Crippen LogP contribution in [0.25, 0.3) is 0 Å². The van der Waals surface area contributed by atoms with Crippen molar-refractivity contribution in [3.05, 3.63) is 63.7 Å². The molecule has 0 aliphatic rings. The number of nitro benzene ring substituents is 1. The molecule has 0 bridgehead atoms. The Kier molecular flexibility index (Phi) is 7.20. The van der Waals surface area contributed by atoms with Crippen molar-refractivity contribution in [3.63, 3.8) is 0 Å². The van der Waals surface area contributed by atoms with Crippen LogP contribution in [0.3, 0.4) is 0 Å². The highest BCUT2D eigenvalue weighted by Crippen LogP contribution is 2.31. The number of aryl methyl sites for hydroxylation is 1. The summed E-state index contributed by atoms with van der Waals surface area (Å²) in [4.78, 5) is 23.8. The Hall–Kier alpha value is -2.94. The molecule has 1 atom stereocenters. The molecule has 0 aliphatic heterocycles. The smallest absolute Gasteiger partial charge is 0.271 e. The van der Waals surface area contributed by atoms with Gasteiger partial charge < -0.3 is 5.32 Å². The number of sulfonamides is 1. The van der Waals surface area contributed by atoms with E-state index in [1.165, 1.54) is 18.2 Å². The topological polar surface area (TPSA) is 110 Å². The number of carbonyl (C=O) groups is 1. The van der Waals surface area contributed by atoms with Crippen LogP contribution < -0.4 is 9.62 Å². The normalized spacial score (nSPS) is 12.5. The zero-order valence-corrected chi connectivity index (χ0v) is 18.6. The monoisotopic (exact) mass is 433 g/mol. The molecule has 0 heterocycles. The average Bonchev–Trinajstić information content (AvgIpc) is 2.65. The molecular weight excluding hydrogens is 406 g/mol. The fraction of sp³-hybridized carbons (Fsp3) is 0.381. The summed E-state index contributed by atoms with van der Waals surface area (Å²) < 4.78 is 26.3. The molecule has 9 heteroatoms. The lowest BCUT2D eigenvalue weighted by atomic mass is 10.0. The van der Waals surface area contributed by atoms with Gasteiger partial charge in [-0.2, -0.15) is 0 Å². The van der Waals surface area contributed by atoms with E-state index in [9.17, 15) is 23.3 Å². The summed E-state index contributed by atoms with van der Waals surface area (Å²) in [5.41, 5.74) is 1.92. The van der Waals surface area contributed by atoms with Crippen LogP contribution in [0, 0.1) is 17.0 Å². The zero-order chi connectivity index (χ0) is 22.6. The summed E-state index contributed by atoms with van der Waals surface area (Å²) in [6.07, 6.45) is 1.17. The molecule has 30 heavy (non-hydrogen) atoms. The number of carbonyl (C=O) groups excluding carboxylic acids is 1. The van der Waals surface area contributed by atoms with Crippen molar-refractivity contribution < 1.29 is 18.1 Å². The quantitative estimate of drug-likeness (QED) is 0.495. The molecule has 1 amide bonds. The first-order chi connectivity index (χ1) is 14.0. The van der Waals surface area contributed by atoms with Gasteiger partial charge in [-0.25, -0.2) is 8.42 Å². The molecule has 162 valence electrons. The summed E-state index contributed by atoms with van der Waals surface area (Å²) in [6.45, 7) is 7.34. The summed E-state index contributed by atoms with van der Waals surface area (Å²) in [5.74, 6) is -0.339. The van der Waals surface area contributed by atoms with Gasteiger partial charge in [0.2, 0.25) is 15.9 Å². The minimum atomic E-state index is -3.91. The maximum atomic E-state index is 13.2. The predicted molar refractivity (Wildman–Crippen MR) is 118 cm³/mol.